The first-order valence-electron chi connectivity index (χ1n) is 16.9. The molecule has 0 amide bonds. The molecular weight excluding hydrogens is 694 g/mol. The highest BCUT2D eigenvalue weighted by atomic mass is 32.2. The average Bonchev–Trinajstić information content (AvgIpc) is 3.40. The van der Waals surface area contributed by atoms with Gasteiger partial charge in [0, 0.05) is 44.1 Å². The van der Waals surface area contributed by atoms with Gasteiger partial charge >= 0.3 is 11.9 Å². The standard InChI is InChI=1S/C37H47N3O11S/c1-45-30-21-27(22-31(46-2)34(30)48-4)36(41)50-19-7-15-38-13-6-14-39(18-17-38)16-8-20-51-37(42)28-23-32(47-3)35(49-5)33(24-28)52-25-26-9-11-29(12-10-26)40(43)44/h9-12,21-24H,6-8,13-20,25H2,1-5H3. The van der Waals surface area contributed by atoms with E-state index in [1.807, 2.05) is 0 Å². The van der Waals surface area contributed by atoms with Gasteiger partial charge in [-0.15, -0.1) is 11.8 Å². The van der Waals surface area contributed by atoms with Crippen molar-refractivity contribution in [2.75, 3.05) is 88.0 Å². The second-order valence-electron chi connectivity index (χ2n) is 11.9. The summed E-state index contributed by atoms with van der Waals surface area (Å²) in [6.45, 7) is 5.87. The summed E-state index contributed by atoms with van der Waals surface area (Å²) in [6, 6.07) is 12.8. The molecule has 15 heteroatoms. The zero-order valence-electron chi connectivity index (χ0n) is 30.3. The number of carbonyl (C=O) groups excluding carboxylic acids is 2. The van der Waals surface area contributed by atoms with E-state index in [0.29, 0.717) is 70.0 Å². The number of methoxy groups -OCH3 is 5. The molecule has 0 unspecified atom stereocenters. The van der Waals surface area contributed by atoms with Gasteiger partial charge in [-0.05, 0) is 62.2 Å². The first-order chi connectivity index (χ1) is 25.2. The van der Waals surface area contributed by atoms with Crippen LogP contribution in [0.15, 0.2) is 53.4 Å². The maximum absolute atomic E-state index is 13.1. The number of esters is 2. The molecule has 0 aromatic heterocycles. The molecule has 1 aliphatic heterocycles. The normalized spacial score (nSPS) is 13.5. The summed E-state index contributed by atoms with van der Waals surface area (Å²) >= 11 is 1.43. The van der Waals surface area contributed by atoms with E-state index in [1.54, 1.807) is 36.4 Å². The summed E-state index contributed by atoms with van der Waals surface area (Å²) in [7, 11) is 7.54. The molecular formula is C37H47N3O11S. The van der Waals surface area contributed by atoms with Crippen molar-refractivity contribution in [1.29, 1.82) is 0 Å². The van der Waals surface area contributed by atoms with Crippen LogP contribution in [0, 0.1) is 10.1 Å². The largest absolute Gasteiger partial charge is 0.493 e. The molecule has 0 saturated carbocycles. The number of nitro benzene ring substituents is 1. The third-order valence-electron chi connectivity index (χ3n) is 8.51. The molecule has 3 aromatic carbocycles. The minimum Gasteiger partial charge on any atom is -0.493 e. The Labute approximate surface area is 308 Å². The smallest absolute Gasteiger partial charge is 0.338 e. The van der Waals surface area contributed by atoms with Gasteiger partial charge in [-0.1, -0.05) is 12.1 Å². The lowest BCUT2D eigenvalue weighted by Gasteiger charge is -2.21. The number of non-ortho nitro benzene ring substituents is 1. The summed E-state index contributed by atoms with van der Waals surface area (Å²) in [5, 5.41) is 11.0. The van der Waals surface area contributed by atoms with E-state index in [1.165, 1.54) is 59.4 Å². The molecule has 1 heterocycles. The van der Waals surface area contributed by atoms with Crippen molar-refractivity contribution < 1.29 is 47.7 Å². The average molecular weight is 742 g/mol. The Kier molecular flexibility index (Phi) is 15.7. The number of rotatable bonds is 19. The number of hydrogen-bond acceptors (Lipinski definition) is 14. The fourth-order valence-corrected chi connectivity index (χ4v) is 6.81. The Balaban J connectivity index is 1.18. The van der Waals surface area contributed by atoms with Gasteiger partial charge in [0.15, 0.2) is 23.0 Å². The Morgan fingerprint density at radius 3 is 1.63 bits per heavy atom. The van der Waals surface area contributed by atoms with Crippen LogP contribution in [0.5, 0.6) is 28.7 Å². The molecule has 0 atom stereocenters. The highest BCUT2D eigenvalue weighted by Gasteiger charge is 2.21. The molecule has 1 saturated heterocycles. The van der Waals surface area contributed by atoms with Gasteiger partial charge in [0.1, 0.15) is 0 Å². The number of hydrogen-bond donors (Lipinski definition) is 0. The first kappa shape index (κ1) is 40.0. The second-order valence-corrected chi connectivity index (χ2v) is 12.9. The Morgan fingerprint density at radius 1 is 0.692 bits per heavy atom. The van der Waals surface area contributed by atoms with E-state index in [2.05, 4.69) is 9.80 Å². The van der Waals surface area contributed by atoms with Crippen LogP contribution in [0.4, 0.5) is 5.69 Å². The number of carbonyl (C=O) groups is 2. The molecule has 52 heavy (non-hydrogen) atoms. The van der Waals surface area contributed by atoms with Gasteiger partial charge in [0.2, 0.25) is 5.75 Å². The minimum atomic E-state index is -0.453. The monoisotopic (exact) mass is 741 g/mol. The van der Waals surface area contributed by atoms with Crippen molar-refractivity contribution in [3.63, 3.8) is 0 Å². The number of nitro groups is 1. The van der Waals surface area contributed by atoms with E-state index in [9.17, 15) is 19.7 Å². The van der Waals surface area contributed by atoms with Crippen LogP contribution in [0.25, 0.3) is 0 Å². The van der Waals surface area contributed by atoms with Crippen molar-refractivity contribution in [1.82, 2.24) is 9.80 Å². The summed E-state index contributed by atoms with van der Waals surface area (Å²) in [5.41, 5.74) is 1.59. The number of benzene rings is 3. The lowest BCUT2D eigenvalue weighted by Crippen LogP contribution is -2.32. The Hall–Kier alpha value is -4.73. The Bertz CT molecular complexity index is 1630. The molecule has 1 fully saturated rings. The molecule has 4 rings (SSSR count). The highest BCUT2D eigenvalue weighted by Crippen LogP contribution is 2.41. The number of nitrogens with zero attached hydrogens (tertiary/aromatic N) is 3. The van der Waals surface area contributed by atoms with Crippen LogP contribution in [0.1, 0.15) is 45.5 Å². The minimum absolute atomic E-state index is 0.0266. The van der Waals surface area contributed by atoms with Gasteiger partial charge in [0.05, 0.1) is 69.7 Å². The van der Waals surface area contributed by atoms with Crippen LogP contribution in [-0.4, -0.2) is 115 Å². The van der Waals surface area contributed by atoms with Crippen molar-refractivity contribution >= 4 is 29.4 Å². The lowest BCUT2D eigenvalue weighted by molar-refractivity contribution is -0.384. The van der Waals surface area contributed by atoms with E-state index < -0.39 is 16.9 Å². The predicted molar refractivity (Wildman–Crippen MR) is 196 cm³/mol. The fraction of sp³-hybridized carbons (Fsp3) is 0.459. The van der Waals surface area contributed by atoms with Gasteiger partial charge in [-0.3, -0.25) is 10.1 Å². The van der Waals surface area contributed by atoms with Gasteiger partial charge in [0.25, 0.3) is 5.69 Å². The maximum Gasteiger partial charge on any atom is 0.338 e. The number of ether oxygens (including phenoxy) is 7. The van der Waals surface area contributed by atoms with E-state index in [4.69, 9.17) is 33.2 Å². The molecule has 0 aliphatic carbocycles. The van der Waals surface area contributed by atoms with Crippen molar-refractivity contribution in [3.05, 3.63) is 75.3 Å². The molecule has 3 aromatic rings. The molecule has 0 spiro atoms. The van der Waals surface area contributed by atoms with Crippen LogP contribution < -0.4 is 23.7 Å². The SMILES string of the molecule is COc1cc(C(=O)OCCCN2CCCN(CCCOC(=O)c3cc(OC)c(OC)c(SCc4ccc([N+](=O)[O-])cc4)c3)CC2)cc(OC)c1OC. The van der Waals surface area contributed by atoms with Crippen LogP contribution in [0.3, 0.4) is 0 Å². The molecule has 1 aliphatic rings. The topological polar surface area (TPSA) is 148 Å². The molecule has 0 bridgehead atoms. The summed E-state index contributed by atoms with van der Waals surface area (Å²) in [5.74, 6) is 1.71. The van der Waals surface area contributed by atoms with Gasteiger partial charge < -0.3 is 43.0 Å². The second kappa shape index (κ2) is 20.3. The Morgan fingerprint density at radius 2 is 1.17 bits per heavy atom. The molecule has 0 radical (unpaired) electrons. The molecule has 14 nitrogen and oxygen atoms in total. The predicted octanol–water partition coefficient (Wildman–Crippen LogP) is 5.73. The van der Waals surface area contributed by atoms with E-state index >= 15 is 0 Å². The van der Waals surface area contributed by atoms with E-state index in [-0.39, 0.29) is 12.3 Å². The van der Waals surface area contributed by atoms with Gasteiger partial charge in [-0.2, -0.15) is 0 Å². The zero-order chi connectivity index (χ0) is 37.5. The van der Waals surface area contributed by atoms with Crippen LogP contribution >= 0.6 is 11.8 Å². The molecule has 282 valence electrons. The van der Waals surface area contributed by atoms with Crippen LogP contribution in [-0.2, 0) is 15.2 Å². The molecule has 0 N–H and O–H groups in total. The summed E-state index contributed by atoms with van der Waals surface area (Å²) < 4.78 is 38.2. The number of thioether (sulfide) groups is 1. The van der Waals surface area contributed by atoms with Crippen LogP contribution in [0.2, 0.25) is 0 Å². The summed E-state index contributed by atoms with van der Waals surface area (Å²) in [4.78, 5) is 41.7. The third kappa shape index (κ3) is 11.1. The zero-order valence-corrected chi connectivity index (χ0v) is 31.2. The van der Waals surface area contributed by atoms with Gasteiger partial charge in [-0.25, -0.2) is 9.59 Å². The maximum atomic E-state index is 13.1. The lowest BCUT2D eigenvalue weighted by atomic mass is 10.2. The summed E-state index contributed by atoms with van der Waals surface area (Å²) in [6.07, 6.45) is 2.41. The third-order valence-corrected chi connectivity index (χ3v) is 9.60. The highest BCUT2D eigenvalue weighted by molar-refractivity contribution is 7.98. The van der Waals surface area contributed by atoms with Crippen molar-refractivity contribution in [2.45, 2.75) is 29.9 Å². The fourth-order valence-electron chi connectivity index (χ4n) is 5.77. The van der Waals surface area contributed by atoms with Crippen molar-refractivity contribution in [2.24, 2.45) is 0 Å². The first-order valence-corrected chi connectivity index (χ1v) is 17.9. The van der Waals surface area contributed by atoms with E-state index in [0.717, 1.165) is 51.3 Å². The van der Waals surface area contributed by atoms with Crippen molar-refractivity contribution in [3.8, 4) is 28.7 Å². The quantitative estimate of drug-likeness (QED) is 0.0484.